The van der Waals surface area contributed by atoms with Crippen molar-refractivity contribution in [2.45, 2.75) is 19.5 Å². The third-order valence-corrected chi connectivity index (χ3v) is 6.07. The first-order chi connectivity index (χ1) is 16.0. The molecule has 1 atom stereocenters. The molecule has 0 aliphatic carbocycles. The topological polar surface area (TPSA) is 57.8 Å². The molecule has 0 spiro atoms. The zero-order valence-corrected chi connectivity index (χ0v) is 19.4. The van der Waals surface area contributed by atoms with E-state index in [2.05, 4.69) is 16.0 Å². The van der Waals surface area contributed by atoms with Crippen LogP contribution in [-0.2, 0) is 11.3 Å². The van der Waals surface area contributed by atoms with Crippen LogP contribution >= 0.6 is 23.2 Å². The van der Waals surface area contributed by atoms with Crippen molar-refractivity contribution in [1.29, 1.82) is 5.26 Å². The van der Waals surface area contributed by atoms with Crippen LogP contribution in [0, 0.1) is 11.3 Å². The highest BCUT2D eigenvalue weighted by molar-refractivity contribution is 6.35. The number of hydrogen-bond donors (Lipinski definition) is 1. The van der Waals surface area contributed by atoms with Crippen LogP contribution in [0.15, 0.2) is 84.6 Å². The number of amides is 1. The Morgan fingerprint density at radius 3 is 2.55 bits per heavy atom. The molecule has 1 N–H and O–H groups in total. The van der Waals surface area contributed by atoms with Gasteiger partial charge < -0.3 is 9.88 Å². The molecule has 4 rings (SSSR count). The molecule has 164 valence electrons. The summed E-state index contributed by atoms with van der Waals surface area (Å²) in [6, 6.07) is 24.8. The summed E-state index contributed by atoms with van der Waals surface area (Å²) >= 11 is 12.4. The lowest BCUT2D eigenvalue weighted by molar-refractivity contribution is -0.117. The summed E-state index contributed by atoms with van der Waals surface area (Å²) in [5, 5.41) is 14.7. The molecule has 1 aromatic heterocycles. The maximum absolute atomic E-state index is 12.8. The molecule has 1 heterocycles. The van der Waals surface area contributed by atoms with Gasteiger partial charge in [-0.3, -0.25) is 4.79 Å². The van der Waals surface area contributed by atoms with Crippen LogP contribution in [0.2, 0.25) is 10.0 Å². The van der Waals surface area contributed by atoms with E-state index in [-0.39, 0.29) is 11.6 Å². The summed E-state index contributed by atoms with van der Waals surface area (Å²) in [5.41, 5.74) is 3.71. The maximum atomic E-state index is 12.8. The van der Waals surface area contributed by atoms with Crippen LogP contribution in [0.4, 0.5) is 0 Å². The second-order valence-electron chi connectivity index (χ2n) is 7.74. The molecule has 0 saturated heterocycles. The number of carbonyl (C=O) groups excluding carboxylic acids is 1. The minimum absolute atomic E-state index is 0.0465. The number of fused-ring (bicyclic) bond motifs is 1. The molecule has 1 amide bonds. The zero-order valence-electron chi connectivity index (χ0n) is 17.9. The zero-order chi connectivity index (χ0) is 23.4. The van der Waals surface area contributed by atoms with Crippen molar-refractivity contribution in [3.8, 4) is 6.07 Å². The van der Waals surface area contributed by atoms with E-state index in [1.165, 1.54) is 0 Å². The number of benzene rings is 3. The van der Waals surface area contributed by atoms with Crippen LogP contribution in [0.5, 0.6) is 0 Å². The Kier molecular flexibility index (Phi) is 6.84. The van der Waals surface area contributed by atoms with E-state index in [1.54, 1.807) is 18.2 Å². The Hall–Kier alpha value is -3.52. The van der Waals surface area contributed by atoms with Crippen molar-refractivity contribution in [2.75, 3.05) is 0 Å². The lowest BCUT2D eigenvalue weighted by atomic mass is 10.1. The van der Waals surface area contributed by atoms with Gasteiger partial charge in [-0.25, -0.2) is 0 Å². The summed E-state index contributed by atoms with van der Waals surface area (Å²) in [6.07, 6.45) is 3.57. The number of para-hydroxylation sites is 1. The summed E-state index contributed by atoms with van der Waals surface area (Å²) in [5.74, 6) is -0.411. The molecule has 0 saturated carbocycles. The van der Waals surface area contributed by atoms with Crippen molar-refractivity contribution in [3.05, 3.63) is 111 Å². The van der Waals surface area contributed by atoms with Gasteiger partial charge in [0, 0.05) is 39.3 Å². The summed E-state index contributed by atoms with van der Waals surface area (Å²) in [6.45, 7) is 2.42. The van der Waals surface area contributed by atoms with Crippen LogP contribution in [0.25, 0.3) is 17.0 Å². The molecule has 0 radical (unpaired) electrons. The van der Waals surface area contributed by atoms with E-state index < -0.39 is 5.91 Å². The Morgan fingerprint density at radius 2 is 1.82 bits per heavy atom. The standard InChI is InChI=1S/C27H21Cl2N3O/c1-18(19-7-3-2-4-8-19)31-27(33)21(15-30)13-22-17-32(26-10-6-5-9-24(22)26)16-20-11-12-23(28)14-25(20)29/h2-14,17-18H,16H2,1H3,(H,31,33)/b21-13-/t18-/m1/s1. The average molecular weight is 474 g/mol. The first kappa shape index (κ1) is 22.7. The average Bonchev–Trinajstić information content (AvgIpc) is 3.17. The first-order valence-corrected chi connectivity index (χ1v) is 11.2. The van der Waals surface area contributed by atoms with Gasteiger partial charge in [0.25, 0.3) is 5.91 Å². The summed E-state index contributed by atoms with van der Waals surface area (Å²) in [7, 11) is 0. The SMILES string of the molecule is C[C@@H](NC(=O)/C(C#N)=C\c1cn(Cc2ccc(Cl)cc2Cl)c2ccccc12)c1ccccc1. The second kappa shape index (κ2) is 9.95. The Bertz CT molecular complexity index is 1380. The predicted octanol–water partition coefficient (Wildman–Crippen LogP) is 6.78. The number of halogens is 2. The van der Waals surface area contributed by atoms with Gasteiger partial charge in [0.15, 0.2) is 0 Å². The van der Waals surface area contributed by atoms with E-state index in [9.17, 15) is 10.1 Å². The third kappa shape index (κ3) is 5.12. The number of nitrogens with zero attached hydrogens (tertiary/aromatic N) is 2. The van der Waals surface area contributed by atoms with Crippen molar-refractivity contribution >= 4 is 46.1 Å². The molecule has 4 nitrogen and oxygen atoms in total. The van der Waals surface area contributed by atoms with Crippen molar-refractivity contribution in [2.24, 2.45) is 0 Å². The fraction of sp³-hybridized carbons (Fsp3) is 0.111. The Balaban J connectivity index is 1.65. The van der Waals surface area contributed by atoms with Crippen LogP contribution in [0.3, 0.4) is 0 Å². The molecule has 0 aliphatic heterocycles. The van der Waals surface area contributed by atoms with E-state index in [0.717, 1.165) is 27.6 Å². The molecule has 6 heteroatoms. The number of rotatable bonds is 6. The van der Waals surface area contributed by atoms with Gasteiger partial charge in [-0.1, -0.05) is 77.8 Å². The molecule has 0 fully saturated rings. The van der Waals surface area contributed by atoms with Gasteiger partial charge in [-0.15, -0.1) is 0 Å². The highest BCUT2D eigenvalue weighted by Gasteiger charge is 2.16. The molecule has 0 unspecified atom stereocenters. The monoisotopic (exact) mass is 473 g/mol. The number of nitrogens with one attached hydrogen (secondary N) is 1. The van der Waals surface area contributed by atoms with Crippen molar-refractivity contribution < 1.29 is 4.79 Å². The molecular formula is C27H21Cl2N3O. The molecule has 0 bridgehead atoms. The predicted molar refractivity (Wildman–Crippen MR) is 134 cm³/mol. The Morgan fingerprint density at radius 1 is 1.09 bits per heavy atom. The molecule has 0 aliphatic rings. The fourth-order valence-electron chi connectivity index (χ4n) is 3.76. The smallest absolute Gasteiger partial charge is 0.262 e. The van der Waals surface area contributed by atoms with Crippen LogP contribution < -0.4 is 5.32 Å². The van der Waals surface area contributed by atoms with Gasteiger partial charge in [-0.2, -0.15) is 5.26 Å². The minimum Gasteiger partial charge on any atom is -0.345 e. The van der Waals surface area contributed by atoms with Crippen molar-refractivity contribution in [1.82, 2.24) is 9.88 Å². The summed E-state index contributed by atoms with van der Waals surface area (Å²) < 4.78 is 2.05. The van der Waals surface area contributed by atoms with E-state index >= 15 is 0 Å². The highest BCUT2D eigenvalue weighted by atomic mass is 35.5. The molecule has 4 aromatic rings. The number of nitriles is 1. The molecule has 33 heavy (non-hydrogen) atoms. The van der Waals surface area contributed by atoms with Gasteiger partial charge in [0.05, 0.1) is 6.04 Å². The van der Waals surface area contributed by atoms with E-state index in [0.29, 0.717) is 16.6 Å². The lowest BCUT2D eigenvalue weighted by Gasteiger charge is -2.13. The second-order valence-corrected chi connectivity index (χ2v) is 8.58. The molecular weight excluding hydrogens is 453 g/mol. The fourth-order valence-corrected chi connectivity index (χ4v) is 4.23. The van der Waals surface area contributed by atoms with Crippen molar-refractivity contribution in [3.63, 3.8) is 0 Å². The number of hydrogen-bond acceptors (Lipinski definition) is 2. The quantitative estimate of drug-likeness (QED) is 0.247. The number of carbonyl (C=O) groups is 1. The van der Waals surface area contributed by atoms with E-state index in [1.807, 2.05) is 73.8 Å². The largest absolute Gasteiger partial charge is 0.345 e. The minimum atomic E-state index is -0.411. The normalized spacial score (nSPS) is 12.4. The van der Waals surface area contributed by atoms with Crippen LogP contribution in [-0.4, -0.2) is 10.5 Å². The van der Waals surface area contributed by atoms with Gasteiger partial charge in [0.2, 0.25) is 0 Å². The van der Waals surface area contributed by atoms with Gasteiger partial charge in [-0.05, 0) is 42.3 Å². The first-order valence-electron chi connectivity index (χ1n) is 10.5. The van der Waals surface area contributed by atoms with Gasteiger partial charge in [0.1, 0.15) is 11.6 Å². The Labute approximate surface area is 202 Å². The third-order valence-electron chi connectivity index (χ3n) is 5.49. The highest BCUT2D eigenvalue weighted by Crippen LogP contribution is 2.27. The molecule has 3 aromatic carbocycles. The van der Waals surface area contributed by atoms with E-state index in [4.69, 9.17) is 23.2 Å². The number of aromatic nitrogens is 1. The summed E-state index contributed by atoms with van der Waals surface area (Å²) in [4.78, 5) is 12.8. The lowest BCUT2D eigenvalue weighted by Crippen LogP contribution is -2.27. The van der Waals surface area contributed by atoms with Gasteiger partial charge >= 0.3 is 0 Å². The maximum Gasteiger partial charge on any atom is 0.262 e. The van der Waals surface area contributed by atoms with Crippen LogP contribution in [0.1, 0.15) is 29.7 Å².